The van der Waals surface area contributed by atoms with E-state index in [2.05, 4.69) is 10.3 Å². The highest BCUT2D eigenvalue weighted by Crippen LogP contribution is 2.12. The van der Waals surface area contributed by atoms with Gasteiger partial charge in [-0.05, 0) is 36.3 Å². The first-order valence-corrected chi connectivity index (χ1v) is 6.31. The van der Waals surface area contributed by atoms with Crippen LogP contribution in [0.4, 0.5) is 5.82 Å². The second-order valence-corrected chi connectivity index (χ2v) is 4.38. The standard InChI is InChI=1S/C16H14N2O3/c1-11-5-2-3-6-12(11)8-9-14(19)18-15-13(16(20)21)7-4-10-17-15/h2-10H,1H3,(H,20,21)(H,17,18,19). The number of carbonyl (C=O) groups is 2. The Morgan fingerprint density at radius 1 is 1.19 bits per heavy atom. The number of rotatable bonds is 4. The molecule has 5 nitrogen and oxygen atoms in total. The van der Waals surface area contributed by atoms with Crippen molar-refractivity contribution in [1.82, 2.24) is 4.98 Å². The van der Waals surface area contributed by atoms with Gasteiger partial charge in [-0.3, -0.25) is 4.79 Å². The van der Waals surface area contributed by atoms with Crippen molar-refractivity contribution in [2.24, 2.45) is 0 Å². The summed E-state index contributed by atoms with van der Waals surface area (Å²) in [6, 6.07) is 10.5. The van der Waals surface area contributed by atoms with Crippen LogP contribution >= 0.6 is 0 Å². The third-order valence-electron chi connectivity index (χ3n) is 2.88. The first kappa shape index (κ1) is 14.5. The van der Waals surface area contributed by atoms with E-state index < -0.39 is 11.9 Å². The van der Waals surface area contributed by atoms with E-state index in [1.807, 2.05) is 31.2 Å². The third-order valence-corrected chi connectivity index (χ3v) is 2.88. The molecule has 0 aliphatic heterocycles. The predicted octanol–water partition coefficient (Wildman–Crippen LogP) is 2.74. The summed E-state index contributed by atoms with van der Waals surface area (Å²) >= 11 is 0. The molecule has 2 aromatic rings. The molecule has 0 saturated heterocycles. The zero-order chi connectivity index (χ0) is 15.2. The van der Waals surface area contributed by atoms with E-state index in [1.54, 1.807) is 6.08 Å². The van der Waals surface area contributed by atoms with Crippen molar-refractivity contribution in [1.29, 1.82) is 0 Å². The van der Waals surface area contributed by atoms with E-state index >= 15 is 0 Å². The molecule has 0 spiro atoms. The summed E-state index contributed by atoms with van der Waals surface area (Å²) in [6.07, 6.45) is 4.45. The quantitative estimate of drug-likeness (QED) is 0.845. The summed E-state index contributed by atoms with van der Waals surface area (Å²) < 4.78 is 0. The lowest BCUT2D eigenvalue weighted by Crippen LogP contribution is -2.13. The molecule has 5 heteroatoms. The Kier molecular flexibility index (Phi) is 4.46. The fourth-order valence-corrected chi connectivity index (χ4v) is 1.78. The number of carboxylic acid groups (broad SMARTS) is 1. The second-order valence-electron chi connectivity index (χ2n) is 4.38. The molecule has 1 aromatic heterocycles. The fourth-order valence-electron chi connectivity index (χ4n) is 1.78. The Labute approximate surface area is 122 Å². The van der Waals surface area contributed by atoms with E-state index in [0.29, 0.717) is 0 Å². The maximum Gasteiger partial charge on any atom is 0.339 e. The van der Waals surface area contributed by atoms with Gasteiger partial charge in [0.25, 0.3) is 0 Å². The number of amides is 1. The van der Waals surface area contributed by atoms with Gasteiger partial charge in [0.1, 0.15) is 11.4 Å². The van der Waals surface area contributed by atoms with Gasteiger partial charge in [0.15, 0.2) is 0 Å². The van der Waals surface area contributed by atoms with Crippen molar-refractivity contribution in [3.8, 4) is 0 Å². The number of nitrogens with one attached hydrogen (secondary N) is 1. The van der Waals surface area contributed by atoms with Gasteiger partial charge in [-0.25, -0.2) is 9.78 Å². The summed E-state index contributed by atoms with van der Waals surface area (Å²) in [4.78, 5) is 26.7. The van der Waals surface area contributed by atoms with Crippen LogP contribution in [0.5, 0.6) is 0 Å². The summed E-state index contributed by atoms with van der Waals surface area (Å²) in [5.74, 6) is -1.54. The molecule has 106 valence electrons. The molecule has 1 amide bonds. The van der Waals surface area contributed by atoms with Crippen molar-refractivity contribution in [3.05, 3.63) is 65.4 Å². The topological polar surface area (TPSA) is 79.3 Å². The number of carbonyl (C=O) groups excluding carboxylic acids is 1. The Morgan fingerprint density at radius 2 is 1.95 bits per heavy atom. The van der Waals surface area contributed by atoms with Gasteiger partial charge in [-0.2, -0.15) is 0 Å². The molecule has 0 radical (unpaired) electrons. The van der Waals surface area contributed by atoms with Crippen LogP contribution in [0.25, 0.3) is 6.08 Å². The number of carboxylic acids is 1. The normalized spacial score (nSPS) is 10.5. The predicted molar refractivity (Wildman–Crippen MR) is 80.0 cm³/mol. The number of benzene rings is 1. The van der Waals surface area contributed by atoms with E-state index in [-0.39, 0.29) is 11.4 Å². The molecule has 1 heterocycles. The largest absolute Gasteiger partial charge is 0.478 e. The van der Waals surface area contributed by atoms with Crippen LogP contribution in [0, 0.1) is 6.92 Å². The van der Waals surface area contributed by atoms with E-state index in [9.17, 15) is 9.59 Å². The molecule has 2 rings (SSSR count). The molecule has 0 aliphatic rings. The first-order chi connectivity index (χ1) is 10.1. The summed E-state index contributed by atoms with van der Waals surface area (Å²) in [5.41, 5.74) is 1.92. The average Bonchev–Trinajstić information content (AvgIpc) is 2.47. The SMILES string of the molecule is Cc1ccccc1C=CC(=O)Nc1ncccc1C(=O)O. The lowest BCUT2D eigenvalue weighted by Gasteiger charge is -2.04. The minimum Gasteiger partial charge on any atom is -0.478 e. The highest BCUT2D eigenvalue weighted by molar-refractivity contribution is 6.05. The first-order valence-electron chi connectivity index (χ1n) is 6.31. The molecule has 21 heavy (non-hydrogen) atoms. The van der Waals surface area contributed by atoms with Crippen LogP contribution in [0.3, 0.4) is 0 Å². The number of pyridine rings is 1. The minimum absolute atomic E-state index is 0.0319. The van der Waals surface area contributed by atoms with E-state index in [1.165, 1.54) is 24.4 Å². The van der Waals surface area contributed by atoms with Crippen LogP contribution in [-0.2, 0) is 4.79 Å². The lowest BCUT2D eigenvalue weighted by molar-refractivity contribution is -0.111. The highest BCUT2D eigenvalue weighted by atomic mass is 16.4. The molecule has 2 N–H and O–H groups in total. The third kappa shape index (κ3) is 3.76. The zero-order valence-electron chi connectivity index (χ0n) is 11.4. The van der Waals surface area contributed by atoms with Crippen molar-refractivity contribution in [2.45, 2.75) is 6.92 Å². The molecule has 0 aliphatic carbocycles. The van der Waals surface area contributed by atoms with Crippen molar-refractivity contribution in [2.75, 3.05) is 5.32 Å². The van der Waals surface area contributed by atoms with Gasteiger partial charge in [0.05, 0.1) is 0 Å². The number of hydrogen-bond acceptors (Lipinski definition) is 3. The molecule has 0 unspecified atom stereocenters. The molecule has 0 atom stereocenters. The molecule has 0 fully saturated rings. The number of anilines is 1. The van der Waals surface area contributed by atoms with Gasteiger partial charge in [-0.1, -0.05) is 24.3 Å². The molecule has 0 bridgehead atoms. The van der Waals surface area contributed by atoms with Gasteiger partial charge in [0, 0.05) is 12.3 Å². The Morgan fingerprint density at radius 3 is 2.67 bits per heavy atom. The second kappa shape index (κ2) is 6.47. The van der Waals surface area contributed by atoms with Gasteiger partial charge >= 0.3 is 5.97 Å². The van der Waals surface area contributed by atoms with Gasteiger partial charge in [-0.15, -0.1) is 0 Å². The van der Waals surface area contributed by atoms with Crippen LogP contribution < -0.4 is 5.32 Å². The van der Waals surface area contributed by atoms with E-state index in [4.69, 9.17) is 5.11 Å². The smallest absolute Gasteiger partial charge is 0.339 e. The maximum absolute atomic E-state index is 11.8. The summed E-state index contributed by atoms with van der Waals surface area (Å²) in [7, 11) is 0. The Bertz CT molecular complexity index is 708. The zero-order valence-corrected chi connectivity index (χ0v) is 11.4. The molecular formula is C16H14N2O3. The van der Waals surface area contributed by atoms with E-state index in [0.717, 1.165) is 11.1 Å². The lowest BCUT2D eigenvalue weighted by atomic mass is 10.1. The minimum atomic E-state index is -1.14. The Hall–Kier alpha value is -2.95. The molecule has 0 saturated carbocycles. The number of nitrogens with zero attached hydrogens (tertiary/aromatic N) is 1. The van der Waals surface area contributed by atoms with Crippen molar-refractivity contribution < 1.29 is 14.7 Å². The Balaban J connectivity index is 2.13. The van der Waals surface area contributed by atoms with Gasteiger partial charge in [0.2, 0.25) is 5.91 Å². The molecular weight excluding hydrogens is 268 g/mol. The average molecular weight is 282 g/mol. The van der Waals surface area contributed by atoms with Crippen molar-refractivity contribution >= 4 is 23.8 Å². The fraction of sp³-hybridized carbons (Fsp3) is 0.0625. The van der Waals surface area contributed by atoms with Crippen LogP contribution in [0.2, 0.25) is 0 Å². The summed E-state index contributed by atoms with van der Waals surface area (Å²) in [6.45, 7) is 1.94. The number of aryl methyl sites for hydroxylation is 1. The van der Waals surface area contributed by atoms with Crippen LogP contribution in [0.15, 0.2) is 48.7 Å². The maximum atomic E-state index is 11.8. The highest BCUT2D eigenvalue weighted by Gasteiger charge is 2.11. The number of aromatic carboxylic acids is 1. The van der Waals surface area contributed by atoms with Gasteiger partial charge < -0.3 is 10.4 Å². The van der Waals surface area contributed by atoms with Crippen LogP contribution in [0.1, 0.15) is 21.5 Å². The summed E-state index contributed by atoms with van der Waals surface area (Å²) in [5, 5.41) is 11.5. The number of hydrogen-bond donors (Lipinski definition) is 2. The molecule has 1 aromatic carbocycles. The monoisotopic (exact) mass is 282 g/mol. The van der Waals surface area contributed by atoms with Crippen LogP contribution in [-0.4, -0.2) is 22.0 Å². The van der Waals surface area contributed by atoms with Crippen molar-refractivity contribution in [3.63, 3.8) is 0 Å². The number of aromatic nitrogens is 1.